The van der Waals surface area contributed by atoms with Gasteiger partial charge in [-0.2, -0.15) is 0 Å². The largest absolute Gasteiger partial charge is 0.497 e. The summed E-state index contributed by atoms with van der Waals surface area (Å²) in [6, 6.07) is 6.53. The Morgan fingerprint density at radius 1 is 1.46 bits per heavy atom. The molecular weight excluding hydrogens is 324 g/mol. The number of aromatic nitrogens is 1. The summed E-state index contributed by atoms with van der Waals surface area (Å²) in [5.41, 5.74) is 0.845. The number of ether oxygens (including phenoxy) is 2. The van der Waals surface area contributed by atoms with Gasteiger partial charge in [0.25, 0.3) is 6.02 Å². The molecule has 0 amide bonds. The quantitative estimate of drug-likeness (QED) is 0.907. The summed E-state index contributed by atoms with van der Waals surface area (Å²) in [5, 5.41) is 4.09. The van der Waals surface area contributed by atoms with Gasteiger partial charge in [0.15, 0.2) is 5.13 Å². The summed E-state index contributed by atoms with van der Waals surface area (Å²) in [4.78, 5) is 11.8. The molecule has 6 nitrogen and oxygen atoms in total. The first-order chi connectivity index (χ1) is 11.7. The average Bonchev–Trinajstić information content (AvgIpc) is 3.24. The van der Waals surface area contributed by atoms with E-state index in [0.29, 0.717) is 11.9 Å². The fourth-order valence-electron chi connectivity index (χ4n) is 4.14. The zero-order valence-corrected chi connectivity index (χ0v) is 14.4. The molecule has 0 saturated carbocycles. The number of aliphatic imine (C=N–C) groups is 1. The topological polar surface area (TPSA) is 59.0 Å². The minimum absolute atomic E-state index is 0.112. The number of rotatable bonds is 2. The van der Waals surface area contributed by atoms with Gasteiger partial charge in [-0.1, -0.05) is 11.3 Å². The van der Waals surface area contributed by atoms with Crippen LogP contribution in [0.15, 0.2) is 23.2 Å². The molecule has 24 heavy (non-hydrogen) atoms. The zero-order valence-electron chi connectivity index (χ0n) is 13.6. The number of nitrogens with zero attached hydrogens (tertiary/aromatic N) is 3. The van der Waals surface area contributed by atoms with E-state index in [2.05, 4.69) is 20.2 Å². The Morgan fingerprint density at radius 3 is 3.29 bits per heavy atom. The van der Waals surface area contributed by atoms with Crippen LogP contribution in [0.25, 0.3) is 10.2 Å². The molecule has 126 valence electrons. The molecule has 7 heteroatoms. The van der Waals surface area contributed by atoms with E-state index in [4.69, 9.17) is 9.47 Å². The highest BCUT2D eigenvalue weighted by Crippen LogP contribution is 2.41. The predicted molar refractivity (Wildman–Crippen MR) is 95.1 cm³/mol. The lowest BCUT2D eigenvalue weighted by Crippen LogP contribution is -2.41. The van der Waals surface area contributed by atoms with Crippen molar-refractivity contribution in [3.63, 3.8) is 0 Å². The molecule has 2 fully saturated rings. The number of hydrogen-bond donors (Lipinski definition) is 1. The van der Waals surface area contributed by atoms with Crippen LogP contribution < -0.4 is 10.1 Å². The highest BCUT2D eigenvalue weighted by Gasteiger charge is 2.53. The number of methoxy groups -OCH3 is 1. The third-order valence-corrected chi connectivity index (χ3v) is 6.27. The molecule has 3 aliphatic rings. The maximum absolute atomic E-state index is 6.31. The van der Waals surface area contributed by atoms with E-state index in [1.807, 2.05) is 18.2 Å². The van der Waals surface area contributed by atoms with Crippen LogP contribution in [0.4, 0.5) is 5.13 Å². The summed E-state index contributed by atoms with van der Waals surface area (Å²) in [7, 11) is 1.68. The summed E-state index contributed by atoms with van der Waals surface area (Å²) < 4.78 is 12.7. The van der Waals surface area contributed by atoms with Gasteiger partial charge in [0.1, 0.15) is 11.4 Å². The third kappa shape index (κ3) is 2.26. The van der Waals surface area contributed by atoms with Crippen LogP contribution >= 0.6 is 11.3 Å². The minimum atomic E-state index is -0.112. The van der Waals surface area contributed by atoms with Crippen LogP contribution in [-0.4, -0.2) is 54.8 Å². The van der Waals surface area contributed by atoms with E-state index in [0.717, 1.165) is 40.7 Å². The van der Waals surface area contributed by atoms with Gasteiger partial charge in [0.2, 0.25) is 0 Å². The molecule has 2 aromatic rings. The average molecular weight is 344 g/mol. The number of amidine groups is 1. The molecule has 2 saturated heterocycles. The van der Waals surface area contributed by atoms with Gasteiger partial charge in [-0.25, -0.2) is 9.98 Å². The molecule has 2 bridgehead atoms. The van der Waals surface area contributed by atoms with Crippen LogP contribution in [0, 0.1) is 5.92 Å². The van der Waals surface area contributed by atoms with Crippen LogP contribution in [0.2, 0.25) is 0 Å². The lowest BCUT2D eigenvalue weighted by Gasteiger charge is -2.28. The fourth-order valence-corrected chi connectivity index (χ4v) is 5.02. The second-order valence-electron chi connectivity index (χ2n) is 6.84. The highest BCUT2D eigenvalue weighted by molar-refractivity contribution is 7.22. The van der Waals surface area contributed by atoms with E-state index in [1.54, 1.807) is 18.4 Å². The Bertz CT molecular complexity index is 820. The molecule has 1 spiro atoms. The predicted octanol–water partition coefficient (Wildman–Crippen LogP) is 2.57. The standard InChI is InChI=1S/C17H20N4O2S/c1-22-12-4-5-13-14(7-12)24-16(19-13)20-15-18-9-17(23-15)10-21-6-2-3-11(17)8-21/h4-5,7,11H,2-3,6,8-10H2,1H3,(H,18,19,20)/t11-,17+/m0/s1. The van der Waals surface area contributed by atoms with E-state index in [9.17, 15) is 0 Å². The second-order valence-corrected chi connectivity index (χ2v) is 7.87. The first-order valence-corrected chi connectivity index (χ1v) is 9.23. The van der Waals surface area contributed by atoms with Crippen molar-refractivity contribution in [2.45, 2.75) is 18.4 Å². The Morgan fingerprint density at radius 2 is 2.42 bits per heavy atom. The molecule has 1 aromatic heterocycles. The number of thiazole rings is 1. The van der Waals surface area contributed by atoms with Gasteiger partial charge >= 0.3 is 0 Å². The fraction of sp³-hybridized carbons (Fsp3) is 0.529. The monoisotopic (exact) mass is 344 g/mol. The van der Waals surface area contributed by atoms with Gasteiger partial charge in [-0.15, -0.1) is 0 Å². The van der Waals surface area contributed by atoms with Crippen molar-refractivity contribution >= 4 is 32.7 Å². The summed E-state index contributed by atoms with van der Waals surface area (Å²) in [5.74, 6) is 1.45. The number of benzene rings is 1. The molecule has 1 unspecified atom stereocenters. The van der Waals surface area contributed by atoms with Crippen LogP contribution in [0.1, 0.15) is 12.8 Å². The number of piperidine rings is 1. The van der Waals surface area contributed by atoms with Crippen LogP contribution in [0.5, 0.6) is 5.75 Å². The van der Waals surface area contributed by atoms with Crippen LogP contribution in [-0.2, 0) is 4.74 Å². The number of anilines is 1. The first kappa shape index (κ1) is 14.5. The summed E-state index contributed by atoms with van der Waals surface area (Å²) in [6.45, 7) is 4.12. The Kier molecular flexibility index (Phi) is 3.21. The van der Waals surface area contributed by atoms with Crippen molar-refractivity contribution in [2.75, 3.05) is 38.6 Å². The van der Waals surface area contributed by atoms with Gasteiger partial charge in [0, 0.05) is 19.0 Å². The molecule has 0 aliphatic carbocycles. The molecule has 1 N–H and O–H groups in total. The maximum atomic E-state index is 6.31. The Hall–Kier alpha value is -1.86. The van der Waals surface area contributed by atoms with Crippen molar-refractivity contribution < 1.29 is 9.47 Å². The van der Waals surface area contributed by atoms with Gasteiger partial charge in [-0.3, -0.25) is 10.2 Å². The molecule has 3 atom stereocenters. The SMILES string of the molecule is COc1ccc2nc(NC3=NC[C@]4(CN5CCC[C@H]4C5)O3)sc2c1. The van der Waals surface area contributed by atoms with Crippen molar-refractivity contribution in [3.05, 3.63) is 18.2 Å². The van der Waals surface area contributed by atoms with E-state index < -0.39 is 0 Å². The maximum Gasteiger partial charge on any atom is 0.291 e. The Balaban J connectivity index is 1.34. The lowest BCUT2D eigenvalue weighted by molar-refractivity contribution is 0.0588. The van der Waals surface area contributed by atoms with Crippen LogP contribution in [0.3, 0.4) is 0 Å². The zero-order chi connectivity index (χ0) is 16.1. The molecule has 3 aliphatic heterocycles. The second kappa shape index (κ2) is 5.32. The van der Waals surface area contributed by atoms with Gasteiger partial charge in [0.05, 0.1) is 23.9 Å². The molecule has 0 radical (unpaired) electrons. The smallest absolute Gasteiger partial charge is 0.291 e. The molecule has 5 rings (SSSR count). The van der Waals surface area contributed by atoms with E-state index in [1.165, 1.54) is 19.4 Å². The van der Waals surface area contributed by atoms with E-state index >= 15 is 0 Å². The van der Waals surface area contributed by atoms with Gasteiger partial charge < -0.3 is 9.47 Å². The van der Waals surface area contributed by atoms with Gasteiger partial charge in [-0.05, 0) is 37.6 Å². The summed E-state index contributed by atoms with van der Waals surface area (Å²) >= 11 is 1.59. The number of fused-ring (bicyclic) bond motifs is 4. The first-order valence-electron chi connectivity index (χ1n) is 8.41. The van der Waals surface area contributed by atoms with Crippen molar-refractivity contribution in [1.29, 1.82) is 0 Å². The third-order valence-electron chi connectivity index (χ3n) is 5.34. The molecular formula is C17H20N4O2S. The number of nitrogens with one attached hydrogen (secondary N) is 1. The van der Waals surface area contributed by atoms with E-state index in [-0.39, 0.29) is 5.60 Å². The Labute approximate surface area is 144 Å². The lowest BCUT2D eigenvalue weighted by atomic mass is 9.87. The van der Waals surface area contributed by atoms with Crippen molar-refractivity contribution in [1.82, 2.24) is 9.88 Å². The minimum Gasteiger partial charge on any atom is -0.497 e. The highest BCUT2D eigenvalue weighted by atomic mass is 32.1. The number of hydrogen-bond acceptors (Lipinski definition) is 7. The van der Waals surface area contributed by atoms with Crippen molar-refractivity contribution in [3.8, 4) is 5.75 Å². The molecule has 1 aromatic carbocycles. The van der Waals surface area contributed by atoms with Crippen molar-refractivity contribution in [2.24, 2.45) is 10.9 Å². The summed E-state index contributed by atoms with van der Waals surface area (Å²) in [6.07, 6.45) is 2.53. The molecule has 4 heterocycles. The normalized spacial score (nSPS) is 31.3.